The summed E-state index contributed by atoms with van der Waals surface area (Å²) in [6.45, 7) is 9.66. The predicted molar refractivity (Wildman–Crippen MR) is 222 cm³/mol. The van der Waals surface area contributed by atoms with E-state index in [1.54, 1.807) is 26.0 Å². The van der Waals surface area contributed by atoms with Gasteiger partial charge >= 0.3 is 17.9 Å². The molecule has 2 bridgehead atoms. The Balaban J connectivity index is 1.23. The fourth-order valence-electron chi connectivity index (χ4n) is 11.2. The second kappa shape index (κ2) is 22.6. The summed E-state index contributed by atoms with van der Waals surface area (Å²) >= 11 is 0.238. The molecule has 1 heterocycles. The van der Waals surface area contributed by atoms with Crippen LogP contribution in [0.25, 0.3) is 0 Å². The molecule has 358 valence electrons. The van der Waals surface area contributed by atoms with Crippen molar-refractivity contribution < 1.29 is 91.1 Å². The van der Waals surface area contributed by atoms with Gasteiger partial charge in [-0.15, -0.1) is 8.67 Å². The van der Waals surface area contributed by atoms with Crippen molar-refractivity contribution in [1.82, 2.24) is 5.32 Å². The Morgan fingerprint density at radius 3 is 2.33 bits per heavy atom. The Morgan fingerprint density at radius 2 is 1.66 bits per heavy atom. The van der Waals surface area contributed by atoms with Crippen LogP contribution in [-0.4, -0.2) is 106 Å². The molecule has 20 nitrogen and oxygen atoms in total. The number of hydrogen-bond acceptors (Lipinski definition) is 20. The van der Waals surface area contributed by atoms with Crippen LogP contribution in [0.4, 0.5) is 0 Å². The first kappa shape index (κ1) is 50.3. The van der Waals surface area contributed by atoms with Crippen molar-refractivity contribution in [2.24, 2.45) is 40.4 Å². The number of rotatable bonds is 22. The quantitative estimate of drug-likeness (QED) is 0.0161. The smallest absolute Gasteiger partial charge is 0.306 e. The van der Waals surface area contributed by atoms with E-state index in [1.165, 1.54) is 12.1 Å². The fraction of sp³-hybridized carbons (Fsp3) is 0.714. The Hall–Kier alpha value is -3.10. The minimum absolute atomic E-state index is 0.0374. The van der Waals surface area contributed by atoms with Gasteiger partial charge in [-0.1, -0.05) is 49.6 Å². The fourth-order valence-corrected chi connectivity index (χ4v) is 12.0. The number of fused-ring (bicyclic) bond motifs is 3. The number of aromatic hydroxyl groups is 1. The van der Waals surface area contributed by atoms with Gasteiger partial charge in [0, 0.05) is 24.8 Å². The number of hydrogen-bond donors (Lipinski definition) is 6. The lowest BCUT2D eigenvalue weighted by atomic mass is 9.43. The molecule has 22 heteroatoms. The monoisotopic (exact) mass is 945 g/mol. The number of aliphatic hydroxyl groups is 1. The number of carboxylic acid groups (broad SMARTS) is 1. The molecule has 64 heavy (non-hydrogen) atoms. The number of esters is 2. The zero-order chi connectivity index (χ0) is 46.2. The molecule has 1 amide bonds. The molecule has 0 aromatic heterocycles. The molecule has 1 aromatic rings. The van der Waals surface area contributed by atoms with Gasteiger partial charge in [-0.25, -0.2) is 10.5 Å². The predicted octanol–water partition coefficient (Wildman–Crippen LogP) is 5.43. The van der Waals surface area contributed by atoms with Crippen LogP contribution in [0.3, 0.4) is 0 Å². The summed E-state index contributed by atoms with van der Waals surface area (Å²) < 4.78 is 45.2. The highest BCUT2D eigenvalue weighted by atomic mass is 32.2. The lowest BCUT2D eigenvalue weighted by Crippen LogP contribution is -2.63. The molecular formula is C42H59NO19S2. The Morgan fingerprint density at radius 1 is 0.953 bits per heavy atom. The van der Waals surface area contributed by atoms with Gasteiger partial charge in [0.15, 0.2) is 37.0 Å². The maximum Gasteiger partial charge on any atom is 0.306 e. The normalized spacial score (nSPS) is 34.4. The molecule has 5 aliphatic rings. The van der Waals surface area contributed by atoms with Gasteiger partial charge in [0.2, 0.25) is 5.91 Å². The maximum absolute atomic E-state index is 13.4. The third-order valence-corrected chi connectivity index (χ3v) is 14.7. The number of phenols is 1. The SMILES string of the molecule is C=C1C2CCC3C4(C)CC(O[C@@H]5O[C@@H](COC(=O)CCC(=O)NCCc6ccc(O)cc6)[C@@H](OSOOO)[C@@H](OSOOO)C5OC(=O)CC(C)C)CC(C(=O)O)C4CCC3(C2)[C@H]1O. The van der Waals surface area contributed by atoms with Crippen molar-refractivity contribution in [1.29, 1.82) is 0 Å². The lowest BCUT2D eigenvalue weighted by molar-refractivity contribution is -0.436. The van der Waals surface area contributed by atoms with Crippen LogP contribution >= 0.6 is 24.6 Å². The Kier molecular flexibility index (Phi) is 17.8. The van der Waals surface area contributed by atoms with Crippen LogP contribution in [0.15, 0.2) is 36.4 Å². The number of ether oxygens (including phenoxy) is 4. The van der Waals surface area contributed by atoms with Gasteiger partial charge in [0.05, 0.1) is 24.5 Å². The molecule has 13 atom stereocenters. The minimum atomic E-state index is -1.52. The first-order valence-corrected chi connectivity index (χ1v) is 22.8. The Labute approximate surface area is 379 Å². The highest BCUT2D eigenvalue weighted by Crippen LogP contribution is 2.70. The van der Waals surface area contributed by atoms with Crippen LogP contribution in [0.5, 0.6) is 5.75 Å². The average Bonchev–Trinajstić information content (AvgIpc) is 3.42. The Bertz CT molecular complexity index is 1770. The first-order chi connectivity index (χ1) is 30.6. The van der Waals surface area contributed by atoms with Crippen molar-refractivity contribution in [3.8, 4) is 5.75 Å². The summed E-state index contributed by atoms with van der Waals surface area (Å²) in [5, 5.41) is 59.8. The summed E-state index contributed by atoms with van der Waals surface area (Å²) in [5.74, 6) is -3.78. The largest absolute Gasteiger partial charge is 0.508 e. The highest BCUT2D eigenvalue weighted by Gasteiger charge is 2.67. The van der Waals surface area contributed by atoms with E-state index < -0.39 is 90.1 Å². The van der Waals surface area contributed by atoms with E-state index in [9.17, 15) is 34.5 Å². The summed E-state index contributed by atoms with van der Waals surface area (Å²) in [4.78, 5) is 52.2. The van der Waals surface area contributed by atoms with Crippen LogP contribution < -0.4 is 5.32 Å². The van der Waals surface area contributed by atoms with Gasteiger partial charge in [-0.3, -0.25) is 27.5 Å². The molecule has 6 N–H and O–H groups in total. The van der Waals surface area contributed by atoms with Crippen LogP contribution in [0.2, 0.25) is 0 Å². The second-order valence-electron chi connectivity index (χ2n) is 18.1. The highest BCUT2D eigenvalue weighted by molar-refractivity contribution is 7.90. The third kappa shape index (κ3) is 11.7. The summed E-state index contributed by atoms with van der Waals surface area (Å²) in [6.07, 6.45) is -4.68. The van der Waals surface area contributed by atoms with E-state index in [1.807, 2.05) is 0 Å². The molecule has 1 spiro atoms. The van der Waals surface area contributed by atoms with Crippen LogP contribution in [-0.2, 0) is 71.7 Å². The topological polar surface area (TPSA) is 274 Å². The van der Waals surface area contributed by atoms with Gasteiger partial charge in [-0.05, 0) is 104 Å². The van der Waals surface area contributed by atoms with E-state index in [4.69, 9.17) is 37.8 Å². The van der Waals surface area contributed by atoms with Crippen molar-refractivity contribution >= 4 is 48.5 Å². The zero-order valence-corrected chi connectivity index (χ0v) is 37.5. The molecule has 0 radical (unpaired) electrons. The number of carboxylic acids is 1. The van der Waals surface area contributed by atoms with Crippen LogP contribution in [0, 0.1) is 40.4 Å². The van der Waals surface area contributed by atoms with Crippen molar-refractivity contribution in [2.45, 2.75) is 134 Å². The van der Waals surface area contributed by atoms with E-state index in [-0.39, 0.29) is 86.3 Å². The number of phenolic OH excluding ortho intramolecular Hbond substituents is 1. The number of carbonyl (C=O) groups excluding carboxylic acids is 3. The molecule has 4 aliphatic carbocycles. The number of nitrogens with one attached hydrogen (secondary N) is 1. The first-order valence-electron chi connectivity index (χ1n) is 21.5. The minimum Gasteiger partial charge on any atom is -0.508 e. The van der Waals surface area contributed by atoms with Gasteiger partial charge in [-0.2, -0.15) is 0 Å². The molecule has 1 saturated heterocycles. The lowest BCUT2D eigenvalue weighted by Gasteiger charge is -2.62. The standard InChI is InChI=1S/C42H59NO19S2/c1-22(2)17-34(47)56-37-36(58-64-62-60-52)35(57-63-61-59-51)30(21-53-33(46)12-11-32(45)43-16-14-24-5-8-26(44)9-6-24)55-40(37)54-27-18-28(39(49)50)29-13-15-42-19-25(23(3)38(42)48)7-10-31(42)41(29,4)20-27/h5-6,8-9,22,25,27-31,35-38,40,44,48,51-52H,3,7,10-21H2,1-2,4H3,(H,43,45)(H,49,50)/t25?,27?,28?,29?,30-,31?,35+,36+,37?,38-,40+,41?,42?/m0/s1. The second-order valence-corrected chi connectivity index (χ2v) is 19.1. The average molecular weight is 946 g/mol. The van der Waals surface area contributed by atoms with Crippen molar-refractivity contribution in [3.05, 3.63) is 42.0 Å². The third-order valence-electron chi connectivity index (χ3n) is 13.9. The molecule has 4 saturated carbocycles. The number of amides is 1. The summed E-state index contributed by atoms with van der Waals surface area (Å²) in [6, 6.07) is 6.54. The number of aliphatic carboxylic acids is 1. The van der Waals surface area contributed by atoms with Gasteiger partial charge in [0.1, 0.15) is 30.7 Å². The molecule has 5 fully saturated rings. The maximum atomic E-state index is 13.4. The summed E-state index contributed by atoms with van der Waals surface area (Å²) in [7, 11) is 0. The number of aliphatic hydroxyl groups excluding tert-OH is 1. The van der Waals surface area contributed by atoms with E-state index in [0.717, 1.165) is 30.4 Å². The molecular weight excluding hydrogens is 887 g/mol. The zero-order valence-electron chi connectivity index (χ0n) is 35.9. The van der Waals surface area contributed by atoms with Crippen molar-refractivity contribution in [3.63, 3.8) is 0 Å². The molecule has 1 aliphatic heterocycles. The van der Waals surface area contributed by atoms with E-state index in [2.05, 4.69) is 37.6 Å². The van der Waals surface area contributed by atoms with Gasteiger partial charge < -0.3 is 39.6 Å². The van der Waals surface area contributed by atoms with E-state index >= 15 is 0 Å². The summed E-state index contributed by atoms with van der Waals surface area (Å²) in [5.41, 5.74) is 0.684. The van der Waals surface area contributed by atoms with E-state index in [0.29, 0.717) is 25.7 Å². The van der Waals surface area contributed by atoms with Gasteiger partial charge in [0.25, 0.3) is 0 Å². The number of carbonyl (C=O) groups is 4. The molecule has 1 aromatic carbocycles. The number of benzene rings is 1. The van der Waals surface area contributed by atoms with Crippen molar-refractivity contribution in [2.75, 3.05) is 13.2 Å². The molecule has 8 unspecified atom stereocenters. The van der Waals surface area contributed by atoms with Crippen LogP contribution in [0.1, 0.15) is 90.5 Å². The molecule has 6 rings (SSSR count).